The highest BCUT2D eigenvalue weighted by molar-refractivity contribution is 5.83. The topological polar surface area (TPSA) is 65.1 Å². The van der Waals surface area contributed by atoms with Gasteiger partial charge >= 0.3 is 0 Å². The predicted molar refractivity (Wildman–Crippen MR) is 75.9 cm³/mol. The number of fused-ring (bicyclic) bond motifs is 1. The molecule has 0 aliphatic rings. The van der Waals surface area contributed by atoms with Gasteiger partial charge in [0.1, 0.15) is 0 Å². The fourth-order valence-corrected chi connectivity index (χ4v) is 2.10. The Morgan fingerprint density at radius 3 is 3.00 bits per heavy atom. The molecule has 4 nitrogen and oxygen atoms in total. The third kappa shape index (κ3) is 3.83. The first-order chi connectivity index (χ1) is 9.16. The number of amides is 1. The second-order valence-corrected chi connectivity index (χ2v) is 4.85. The molecule has 1 heterocycles. The number of aromatic nitrogens is 1. The van der Waals surface area contributed by atoms with Gasteiger partial charge in [0, 0.05) is 30.1 Å². The first-order valence-corrected chi connectivity index (χ1v) is 6.66. The Morgan fingerprint density at radius 1 is 1.42 bits per heavy atom. The number of aliphatic hydroxyl groups excluding tert-OH is 1. The van der Waals surface area contributed by atoms with Crippen LogP contribution in [-0.2, 0) is 11.2 Å². The summed E-state index contributed by atoms with van der Waals surface area (Å²) in [5, 5.41) is 13.2. The van der Waals surface area contributed by atoms with Gasteiger partial charge in [-0.2, -0.15) is 0 Å². The molecule has 0 bridgehead atoms. The molecule has 0 saturated carbocycles. The van der Waals surface area contributed by atoms with Gasteiger partial charge < -0.3 is 15.4 Å². The fraction of sp³-hybridized carbons (Fsp3) is 0.400. The molecule has 2 aromatic rings. The number of carbonyl (C=O) groups excluding carboxylic acids is 1. The van der Waals surface area contributed by atoms with E-state index in [0.717, 1.165) is 11.9 Å². The molecule has 1 amide bonds. The second kappa shape index (κ2) is 6.38. The maximum atomic E-state index is 11.5. The third-order valence-corrected chi connectivity index (χ3v) is 3.18. The molecule has 1 unspecified atom stereocenters. The average molecular weight is 260 g/mol. The molecule has 0 aliphatic heterocycles. The molecule has 2 rings (SSSR count). The van der Waals surface area contributed by atoms with Crippen LogP contribution in [0.1, 0.15) is 25.3 Å². The lowest BCUT2D eigenvalue weighted by Crippen LogP contribution is -2.26. The van der Waals surface area contributed by atoms with E-state index in [4.69, 9.17) is 5.11 Å². The molecule has 0 aliphatic carbocycles. The zero-order valence-electron chi connectivity index (χ0n) is 11.1. The van der Waals surface area contributed by atoms with Gasteiger partial charge in [0.15, 0.2) is 0 Å². The van der Waals surface area contributed by atoms with E-state index >= 15 is 0 Å². The smallest absolute Gasteiger partial charge is 0.220 e. The predicted octanol–water partition coefficient (Wildman–Crippen LogP) is 1.99. The minimum atomic E-state index is -0.417. The van der Waals surface area contributed by atoms with Crippen LogP contribution in [0.15, 0.2) is 30.5 Å². The normalized spacial score (nSPS) is 12.5. The molecular weight excluding hydrogens is 240 g/mol. The van der Waals surface area contributed by atoms with Gasteiger partial charge in [-0.1, -0.05) is 18.2 Å². The molecule has 1 atom stereocenters. The number of nitrogens with one attached hydrogen (secondary N) is 2. The number of rotatable bonds is 6. The number of H-pyrrole nitrogens is 1. The van der Waals surface area contributed by atoms with Crippen LogP contribution in [0.3, 0.4) is 0 Å². The molecule has 19 heavy (non-hydrogen) atoms. The molecule has 1 aromatic carbocycles. The van der Waals surface area contributed by atoms with Crippen LogP contribution < -0.4 is 5.32 Å². The van der Waals surface area contributed by atoms with Crippen molar-refractivity contribution in [3.63, 3.8) is 0 Å². The first-order valence-electron chi connectivity index (χ1n) is 6.66. The molecule has 0 fully saturated rings. The monoisotopic (exact) mass is 260 g/mol. The van der Waals surface area contributed by atoms with Crippen molar-refractivity contribution in [2.75, 3.05) is 6.54 Å². The van der Waals surface area contributed by atoms with Crippen molar-refractivity contribution in [3.8, 4) is 0 Å². The van der Waals surface area contributed by atoms with E-state index in [2.05, 4.69) is 16.4 Å². The maximum absolute atomic E-state index is 11.5. The van der Waals surface area contributed by atoms with Crippen LogP contribution in [0.25, 0.3) is 10.9 Å². The summed E-state index contributed by atoms with van der Waals surface area (Å²) in [5.74, 6) is 0.000686. The lowest BCUT2D eigenvalue weighted by molar-refractivity contribution is -0.121. The Kier molecular flexibility index (Phi) is 4.58. The largest absolute Gasteiger partial charge is 0.393 e. The quantitative estimate of drug-likeness (QED) is 0.743. The van der Waals surface area contributed by atoms with Crippen molar-refractivity contribution < 1.29 is 9.90 Å². The molecular formula is C15H20N2O2. The minimum absolute atomic E-state index is 0.000686. The van der Waals surface area contributed by atoms with E-state index in [-0.39, 0.29) is 5.91 Å². The Labute approximate surface area is 112 Å². The van der Waals surface area contributed by atoms with Gasteiger partial charge in [-0.05, 0) is 31.4 Å². The van der Waals surface area contributed by atoms with Crippen molar-refractivity contribution >= 4 is 16.8 Å². The summed E-state index contributed by atoms with van der Waals surface area (Å²) < 4.78 is 0. The van der Waals surface area contributed by atoms with Gasteiger partial charge in [0.25, 0.3) is 0 Å². The molecule has 102 valence electrons. The molecule has 1 aromatic heterocycles. The summed E-state index contributed by atoms with van der Waals surface area (Å²) in [6.07, 6.45) is 3.28. The lowest BCUT2D eigenvalue weighted by Gasteiger charge is -2.06. The highest BCUT2D eigenvalue weighted by Crippen LogP contribution is 2.17. The van der Waals surface area contributed by atoms with E-state index in [1.165, 1.54) is 10.9 Å². The summed E-state index contributed by atoms with van der Waals surface area (Å²) in [6, 6.07) is 8.14. The first kappa shape index (κ1) is 13.6. The van der Waals surface area contributed by atoms with Crippen LogP contribution >= 0.6 is 0 Å². The Bertz CT molecular complexity index is 546. The summed E-state index contributed by atoms with van der Waals surface area (Å²) in [7, 11) is 0. The summed E-state index contributed by atoms with van der Waals surface area (Å²) in [5.41, 5.74) is 2.34. The third-order valence-electron chi connectivity index (χ3n) is 3.18. The number of aromatic amines is 1. The van der Waals surface area contributed by atoms with Crippen molar-refractivity contribution in [1.29, 1.82) is 0 Å². The van der Waals surface area contributed by atoms with Crippen LogP contribution in [0, 0.1) is 0 Å². The van der Waals surface area contributed by atoms with Gasteiger partial charge in [-0.25, -0.2) is 0 Å². The zero-order valence-corrected chi connectivity index (χ0v) is 11.1. The van der Waals surface area contributed by atoms with Crippen LogP contribution in [0.4, 0.5) is 0 Å². The number of hydrogen-bond acceptors (Lipinski definition) is 2. The number of carbonyl (C=O) groups is 1. The number of benzene rings is 1. The maximum Gasteiger partial charge on any atom is 0.220 e. The lowest BCUT2D eigenvalue weighted by atomic mass is 10.1. The Balaban J connectivity index is 1.81. The highest BCUT2D eigenvalue weighted by Gasteiger charge is 2.05. The second-order valence-electron chi connectivity index (χ2n) is 4.85. The van der Waals surface area contributed by atoms with Gasteiger partial charge in [0.05, 0.1) is 6.10 Å². The van der Waals surface area contributed by atoms with Crippen molar-refractivity contribution in [2.45, 2.75) is 32.3 Å². The van der Waals surface area contributed by atoms with Crippen LogP contribution in [-0.4, -0.2) is 28.6 Å². The summed E-state index contributed by atoms with van der Waals surface area (Å²) in [4.78, 5) is 14.7. The van der Waals surface area contributed by atoms with Crippen LogP contribution in [0.2, 0.25) is 0 Å². The van der Waals surface area contributed by atoms with E-state index in [1.54, 1.807) is 6.92 Å². The minimum Gasteiger partial charge on any atom is -0.393 e. The molecule has 0 saturated heterocycles. The number of para-hydroxylation sites is 1. The standard InChI is InChI=1S/C15H20N2O2/c1-11(18)6-7-15(19)16-9-8-12-10-17-14-5-3-2-4-13(12)14/h2-5,10-11,17-18H,6-9H2,1H3,(H,16,19). The van der Waals surface area contributed by atoms with Gasteiger partial charge in [-0.3, -0.25) is 4.79 Å². The van der Waals surface area contributed by atoms with E-state index in [0.29, 0.717) is 19.4 Å². The van der Waals surface area contributed by atoms with Gasteiger partial charge in [-0.15, -0.1) is 0 Å². The SMILES string of the molecule is CC(O)CCC(=O)NCCc1c[nH]c2ccccc12. The van der Waals surface area contributed by atoms with Crippen molar-refractivity contribution in [3.05, 3.63) is 36.0 Å². The zero-order chi connectivity index (χ0) is 13.7. The number of hydrogen-bond donors (Lipinski definition) is 3. The summed E-state index contributed by atoms with van der Waals surface area (Å²) >= 11 is 0. The molecule has 0 radical (unpaired) electrons. The van der Waals surface area contributed by atoms with E-state index < -0.39 is 6.10 Å². The van der Waals surface area contributed by atoms with Crippen molar-refractivity contribution in [1.82, 2.24) is 10.3 Å². The van der Waals surface area contributed by atoms with Gasteiger partial charge in [0.2, 0.25) is 5.91 Å². The highest BCUT2D eigenvalue weighted by atomic mass is 16.3. The fourth-order valence-electron chi connectivity index (χ4n) is 2.10. The molecule has 4 heteroatoms. The van der Waals surface area contributed by atoms with E-state index in [1.807, 2.05) is 24.4 Å². The molecule has 0 spiro atoms. The number of aliphatic hydroxyl groups is 1. The van der Waals surface area contributed by atoms with Crippen LogP contribution in [0.5, 0.6) is 0 Å². The Morgan fingerprint density at radius 2 is 2.21 bits per heavy atom. The molecule has 3 N–H and O–H groups in total. The summed E-state index contributed by atoms with van der Waals surface area (Å²) in [6.45, 7) is 2.32. The van der Waals surface area contributed by atoms with E-state index in [9.17, 15) is 4.79 Å². The Hall–Kier alpha value is -1.81. The van der Waals surface area contributed by atoms with Crippen molar-refractivity contribution in [2.24, 2.45) is 0 Å². The average Bonchev–Trinajstić information content (AvgIpc) is 2.80.